The largest absolute Gasteiger partial charge is 0.315 e. The van der Waals surface area contributed by atoms with E-state index in [0.717, 1.165) is 23.5 Å². The van der Waals surface area contributed by atoms with Gasteiger partial charge in [0, 0.05) is 18.0 Å². The molecule has 0 radical (unpaired) electrons. The van der Waals surface area contributed by atoms with E-state index in [-0.39, 0.29) is 0 Å². The van der Waals surface area contributed by atoms with Gasteiger partial charge in [-0.25, -0.2) is 18.1 Å². The first kappa shape index (κ1) is 15.6. The second-order valence-corrected chi connectivity index (χ2v) is 7.36. The van der Waals surface area contributed by atoms with Crippen LogP contribution in [0, 0.1) is 6.92 Å². The van der Waals surface area contributed by atoms with Gasteiger partial charge in [0.1, 0.15) is 0 Å². The molecule has 0 aromatic carbocycles. The molecule has 104 valence electrons. The van der Waals surface area contributed by atoms with Crippen LogP contribution in [0.15, 0.2) is 5.51 Å². The zero-order valence-corrected chi connectivity index (χ0v) is 12.7. The normalized spacial score (nSPS) is 13.7. The number of nitrogens with one attached hydrogen (secondary N) is 2. The van der Waals surface area contributed by atoms with Gasteiger partial charge < -0.3 is 5.32 Å². The molecular weight excluding hydrogens is 270 g/mol. The Morgan fingerprint density at radius 2 is 2.22 bits per heavy atom. The highest BCUT2D eigenvalue weighted by Crippen LogP contribution is 2.12. The number of hydrogen-bond acceptors (Lipinski definition) is 5. The molecule has 0 bridgehead atoms. The van der Waals surface area contributed by atoms with Crippen molar-refractivity contribution in [3.05, 3.63) is 16.1 Å². The van der Waals surface area contributed by atoms with E-state index >= 15 is 0 Å². The molecule has 0 amide bonds. The fraction of sp³-hybridized carbons (Fsp3) is 0.727. The van der Waals surface area contributed by atoms with Crippen LogP contribution < -0.4 is 10.0 Å². The summed E-state index contributed by atoms with van der Waals surface area (Å²) in [5.41, 5.74) is 2.62. The first-order valence-corrected chi connectivity index (χ1v) is 8.48. The summed E-state index contributed by atoms with van der Waals surface area (Å²) in [7, 11) is -3.27. The Morgan fingerprint density at radius 3 is 2.78 bits per heavy atom. The number of aryl methyl sites for hydroxylation is 1. The van der Waals surface area contributed by atoms with E-state index in [1.54, 1.807) is 12.4 Å². The lowest BCUT2D eigenvalue weighted by atomic mass is 10.4. The molecule has 2 N–H and O–H groups in total. The van der Waals surface area contributed by atoms with E-state index in [1.165, 1.54) is 11.3 Å². The molecule has 1 atom stereocenters. The summed E-state index contributed by atoms with van der Waals surface area (Å²) in [6.45, 7) is 7.30. The first-order chi connectivity index (χ1) is 8.47. The van der Waals surface area contributed by atoms with Crippen molar-refractivity contribution >= 4 is 21.4 Å². The van der Waals surface area contributed by atoms with Crippen molar-refractivity contribution < 1.29 is 8.42 Å². The molecule has 1 unspecified atom stereocenters. The van der Waals surface area contributed by atoms with E-state index in [4.69, 9.17) is 0 Å². The number of thiazole rings is 1. The Kier molecular flexibility index (Phi) is 6.20. The third-order valence-electron chi connectivity index (χ3n) is 2.67. The molecular formula is C11H21N3O2S2. The fourth-order valence-electron chi connectivity index (χ4n) is 1.40. The van der Waals surface area contributed by atoms with Crippen LogP contribution in [0.1, 0.15) is 30.8 Å². The third kappa shape index (κ3) is 4.64. The quantitative estimate of drug-likeness (QED) is 0.707. The smallest absolute Gasteiger partial charge is 0.215 e. The molecule has 0 fully saturated rings. The summed E-state index contributed by atoms with van der Waals surface area (Å²) >= 11 is 1.47. The molecule has 5 nitrogen and oxygen atoms in total. The molecule has 0 saturated heterocycles. The lowest BCUT2D eigenvalue weighted by molar-refractivity contribution is 0.557. The van der Waals surface area contributed by atoms with Crippen LogP contribution in [0.3, 0.4) is 0 Å². The summed E-state index contributed by atoms with van der Waals surface area (Å²) in [6.07, 6.45) is 1.00. The fourth-order valence-corrected chi connectivity index (χ4v) is 3.17. The topological polar surface area (TPSA) is 71.1 Å². The van der Waals surface area contributed by atoms with E-state index in [1.807, 2.05) is 6.92 Å². The van der Waals surface area contributed by atoms with Gasteiger partial charge in [-0.1, -0.05) is 6.92 Å². The van der Waals surface area contributed by atoms with Gasteiger partial charge in [-0.2, -0.15) is 0 Å². The maximum atomic E-state index is 12.0. The van der Waals surface area contributed by atoms with Crippen molar-refractivity contribution in [3.8, 4) is 0 Å². The van der Waals surface area contributed by atoms with Crippen molar-refractivity contribution in [3.63, 3.8) is 0 Å². The summed E-state index contributed by atoms with van der Waals surface area (Å²) < 4.78 is 26.6. The monoisotopic (exact) mass is 291 g/mol. The second-order valence-electron chi connectivity index (χ2n) is 4.24. The Labute approximate surface area is 113 Å². The summed E-state index contributed by atoms with van der Waals surface area (Å²) in [6, 6.07) is 0. The zero-order valence-electron chi connectivity index (χ0n) is 11.1. The number of rotatable bonds is 8. The van der Waals surface area contributed by atoms with Crippen LogP contribution in [0.2, 0.25) is 0 Å². The van der Waals surface area contributed by atoms with Crippen LogP contribution in [0.4, 0.5) is 0 Å². The minimum absolute atomic E-state index is 0.330. The molecule has 0 aliphatic heterocycles. The number of aromatic nitrogens is 1. The lowest BCUT2D eigenvalue weighted by Crippen LogP contribution is -2.38. The van der Waals surface area contributed by atoms with Crippen LogP contribution in [0.5, 0.6) is 0 Å². The van der Waals surface area contributed by atoms with Crippen molar-refractivity contribution in [1.82, 2.24) is 15.0 Å². The minimum atomic E-state index is -3.27. The van der Waals surface area contributed by atoms with Gasteiger partial charge in [-0.15, -0.1) is 11.3 Å². The van der Waals surface area contributed by atoms with Crippen LogP contribution in [-0.2, 0) is 16.6 Å². The standard InChI is InChI=1S/C11H21N3O2S2/c1-4-5-12-6-9(2)18(15,16)14-7-11-10(3)13-8-17-11/h8-9,12,14H,4-7H2,1-3H3. The van der Waals surface area contributed by atoms with Gasteiger partial charge in [-0.3, -0.25) is 0 Å². The number of hydrogen-bond donors (Lipinski definition) is 2. The Morgan fingerprint density at radius 1 is 1.50 bits per heavy atom. The highest BCUT2D eigenvalue weighted by molar-refractivity contribution is 7.90. The Balaban J connectivity index is 2.46. The molecule has 7 heteroatoms. The molecule has 0 spiro atoms. The maximum absolute atomic E-state index is 12.0. The Bertz CT molecular complexity index is 457. The SMILES string of the molecule is CCCNCC(C)S(=O)(=O)NCc1scnc1C. The van der Waals surface area contributed by atoms with Crippen molar-refractivity contribution in [2.24, 2.45) is 0 Å². The van der Waals surface area contributed by atoms with Crippen LogP contribution >= 0.6 is 11.3 Å². The van der Waals surface area contributed by atoms with Gasteiger partial charge in [0.2, 0.25) is 10.0 Å². The molecule has 18 heavy (non-hydrogen) atoms. The van der Waals surface area contributed by atoms with Gasteiger partial charge in [0.05, 0.1) is 16.5 Å². The van der Waals surface area contributed by atoms with E-state index in [0.29, 0.717) is 13.1 Å². The first-order valence-electron chi connectivity index (χ1n) is 6.05. The van der Waals surface area contributed by atoms with Crippen LogP contribution in [0.25, 0.3) is 0 Å². The van der Waals surface area contributed by atoms with Gasteiger partial charge in [0.25, 0.3) is 0 Å². The molecule has 0 aliphatic carbocycles. The van der Waals surface area contributed by atoms with Crippen molar-refractivity contribution in [2.45, 2.75) is 39.0 Å². The molecule has 1 rings (SSSR count). The third-order valence-corrected chi connectivity index (χ3v) is 5.37. The maximum Gasteiger partial charge on any atom is 0.215 e. The molecule has 1 heterocycles. The highest BCUT2D eigenvalue weighted by Gasteiger charge is 2.20. The second kappa shape index (κ2) is 7.18. The summed E-state index contributed by atoms with van der Waals surface area (Å²) in [5.74, 6) is 0. The van der Waals surface area contributed by atoms with Gasteiger partial charge in [0.15, 0.2) is 0 Å². The molecule has 0 saturated carbocycles. The molecule has 0 aliphatic rings. The zero-order chi connectivity index (χ0) is 13.6. The van der Waals surface area contributed by atoms with E-state index in [2.05, 4.69) is 21.9 Å². The summed E-state index contributed by atoms with van der Waals surface area (Å²) in [5, 5.41) is 2.68. The average molecular weight is 291 g/mol. The predicted octanol–water partition coefficient (Wildman–Crippen LogP) is 1.26. The van der Waals surface area contributed by atoms with Crippen molar-refractivity contribution in [1.29, 1.82) is 0 Å². The van der Waals surface area contributed by atoms with Crippen LogP contribution in [-0.4, -0.2) is 31.7 Å². The number of sulfonamides is 1. The summed E-state index contributed by atoms with van der Waals surface area (Å²) in [4.78, 5) is 5.06. The number of nitrogens with zero attached hydrogens (tertiary/aromatic N) is 1. The Hall–Kier alpha value is -0.500. The van der Waals surface area contributed by atoms with Gasteiger partial charge in [-0.05, 0) is 26.8 Å². The van der Waals surface area contributed by atoms with E-state index < -0.39 is 15.3 Å². The molecule has 1 aromatic heterocycles. The predicted molar refractivity (Wildman–Crippen MR) is 75.2 cm³/mol. The molecule has 1 aromatic rings. The minimum Gasteiger partial charge on any atom is -0.315 e. The van der Waals surface area contributed by atoms with Gasteiger partial charge >= 0.3 is 0 Å². The average Bonchev–Trinajstić information content (AvgIpc) is 2.72. The highest BCUT2D eigenvalue weighted by atomic mass is 32.2. The van der Waals surface area contributed by atoms with Crippen molar-refractivity contribution in [2.75, 3.05) is 13.1 Å². The van der Waals surface area contributed by atoms with E-state index in [9.17, 15) is 8.42 Å². The lowest BCUT2D eigenvalue weighted by Gasteiger charge is -2.14.